The van der Waals surface area contributed by atoms with Crippen LogP contribution in [0, 0.1) is 5.82 Å². The fourth-order valence-electron chi connectivity index (χ4n) is 2.97. The molecule has 0 saturated heterocycles. The Labute approximate surface area is 154 Å². The van der Waals surface area contributed by atoms with E-state index in [2.05, 4.69) is 5.32 Å². The number of benzene rings is 3. The van der Waals surface area contributed by atoms with E-state index in [1.165, 1.54) is 25.3 Å². The van der Waals surface area contributed by atoms with Crippen LogP contribution in [-0.4, -0.2) is 13.0 Å². The van der Waals surface area contributed by atoms with Gasteiger partial charge >= 0.3 is 0 Å². The molecule has 4 rings (SSSR count). The van der Waals surface area contributed by atoms with Gasteiger partial charge in [0.2, 0.25) is 5.91 Å². The molecule has 1 N–H and O–H groups in total. The minimum absolute atomic E-state index is 0.340. The third kappa shape index (κ3) is 3.27. The van der Waals surface area contributed by atoms with E-state index in [0.29, 0.717) is 22.6 Å². The van der Waals surface area contributed by atoms with Crippen LogP contribution < -0.4 is 10.1 Å². The molecule has 0 fully saturated rings. The maximum atomic E-state index is 13.6. The number of anilines is 1. The van der Waals surface area contributed by atoms with Crippen molar-refractivity contribution in [1.29, 1.82) is 0 Å². The van der Waals surface area contributed by atoms with Gasteiger partial charge in [0.25, 0.3) is 0 Å². The second-order valence-electron chi connectivity index (χ2n) is 5.99. The first-order valence-electron chi connectivity index (χ1n) is 8.38. The molecule has 4 nitrogen and oxygen atoms in total. The van der Waals surface area contributed by atoms with Gasteiger partial charge in [0.15, 0.2) is 0 Å². The summed E-state index contributed by atoms with van der Waals surface area (Å²) in [6, 6.07) is 17.5. The first kappa shape index (κ1) is 16.8. The Kier molecular flexibility index (Phi) is 4.34. The van der Waals surface area contributed by atoms with E-state index >= 15 is 0 Å². The molecule has 4 aromatic rings. The number of methoxy groups -OCH3 is 1. The highest BCUT2D eigenvalue weighted by molar-refractivity contribution is 6.09. The Morgan fingerprint density at radius 1 is 1.04 bits per heavy atom. The van der Waals surface area contributed by atoms with Crippen molar-refractivity contribution in [3.8, 4) is 5.75 Å². The van der Waals surface area contributed by atoms with Crippen molar-refractivity contribution in [3.05, 3.63) is 78.1 Å². The van der Waals surface area contributed by atoms with Gasteiger partial charge in [0, 0.05) is 28.5 Å². The van der Waals surface area contributed by atoms with E-state index in [1.54, 1.807) is 24.3 Å². The minimum Gasteiger partial charge on any atom is -0.495 e. The van der Waals surface area contributed by atoms with Crippen LogP contribution in [0.1, 0.15) is 5.56 Å². The Hall–Kier alpha value is -3.60. The van der Waals surface area contributed by atoms with Crippen LogP contribution >= 0.6 is 0 Å². The molecule has 1 aromatic heterocycles. The standard InChI is InChI=1S/C22H16FNO3/c1-26-21-12-16-15-7-3-5-9-19(15)27-20(16)13-18(21)24-22(25)11-10-14-6-2-4-8-17(14)23/h2-13H,1H3,(H,24,25)/b11-10+. The molecule has 1 heterocycles. The number of hydrogen-bond acceptors (Lipinski definition) is 3. The van der Waals surface area contributed by atoms with Gasteiger partial charge in [-0.15, -0.1) is 0 Å². The molecule has 0 saturated carbocycles. The number of rotatable bonds is 4. The first-order chi connectivity index (χ1) is 13.2. The van der Waals surface area contributed by atoms with Gasteiger partial charge in [-0.2, -0.15) is 0 Å². The summed E-state index contributed by atoms with van der Waals surface area (Å²) >= 11 is 0. The zero-order valence-corrected chi connectivity index (χ0v) is 14.5. The Bertz CT molecular complexity index is 1180. The summed E-state index contributed by atoms with van der Waals surface area (Å²) in [6.45, 7) is 0. The van der Waals surface area contributed by atoms with E-state index in [4.69, 9.17) is 9.15 Å². The van der Waals surface area contributed by atoms with Gasteiger partial charge in [0.1, 0.15) is 22.7 Å². The maximum absolute atomic E-state index is 13.6. The van der Waals surface area contributed by atoms with Crippen LogP contribution in [0.2, 0.25) is 0 Å². The Morgan fingerprint density at radius 2 is 1.81 bits per heavy atom. The molecule has 3 aromatic carbocycles. The highest BCUT2D eigenvalue weighted by atomic mass is 19.1. The zero-order valence-electron chi connectivity index (χ0n) is 14.5. The summed E-state index contributed by atoms with van der Waals surface area (Å²) in [5.74, 6) is -0.267. The molecule has 0 aliphatic carbocycles. The predicted octanol–water partition coefficient (Wildman–Crippen LogP) is 5.39. The quantitative estimate of drug-likeness (QED) is 0.496. The molecule has 0 bridgehead atoms. The molecular formula is C22H16FNO3. The summed E-state index contributed by atoms with van der Waals surface area (Å²) in [6.07, 6.45) is 2.71. The number of para-hydroxylation sites is 1. The van der Waals surface area contributed by atoms with Gasteiger partial charge in [-0.1, -0.05) is 36.4 Å². The van der Waals surface area contributed by atoms with Crippen LogP contribution in [-0.2, 0) is 4.79 Å². The number of furan rings is 1. The van der Waals surface area contributed by atoms with Gasteiger partial charge in [-0.25, -0.2) is 4.39 Å². The number of fused-ring (bicyclic) bond motifs is 3. The Morgan fingerprint density at radius 3 is 2.63 bits per heavy atom. The smallest absolute Gasteiger partial charge is 0.248 e. The molecule has 0 spiro atoms. The number of carbonyl (C=O) groups excluding carboxylic acids is 1. The SMILES string of the molecule is COc1cc2c(cc1NC(=O)/C=C/c1ccccc1F)oc1ccccc12. The molecule has 27 heavy (non-hydrogen) atoms. The van der Waals surface area contributed by atoms with Crippen LogP contribution in [0.15, 0.2) is 71.2 Å². The monoisotopic (exact) mass is 361 g/mol. The molecule has 5 heteroatoms. The summed E-state index contributed by atoms with van der Waals surface area (Å²) in [5.41, 5.74) is 2.22. The largest absolute Gasteiger partial charge is 0.495 e. The topological polar surface area (TPSA) is 51.5 Å². The minimum atomic E-state index is -0.396. The van der Waals surface area contributed by atoms with Crippen molar-refractivity contribution in [2.45, 2.75) is 0 Å². The first-order valence-corrected chi connectivity index (χ1v) is 8.38. The summed E-state index contributed by atoms with van der Waals surface area (Å²) in [7, 11) is 1.54. The van der Waals surface area contributed by atoms with E-state index in [9.17, 15) is 9.18 Å². The van der Waals surface area contributed by atoms with E-state index < -0.39 is 5.91 Å². The third-order valence-electron chi connectivity index (χ3n) is 4.28. The van der Waals surface area contributed by atoms with Gasteiger partial charge < -0.3 is 14.5 Å². The van der Waals surface area contributed by atoms with Crippen LogP contribution in [0.4, 0.5) is 10.1 Å². The summed E-state index contributed by atoms with van der Waals surface area (Å²) in [4.78, 5) is 12.3. The highest BCUT2D eigenvalue weighted by Gasteiger charge is 2.13. The van der Waals surface area contributed by atoms with Crippen LogP contribution in [0.25, 0.3) is 28.0 Å². The van der Waals surface area contributed by atoms with Gasteiger partial charge in [0.05, 0.1) is 12.8 Å². The van der Waals surface area contributed by atoms with Crippen molar-refractivity contribution in [3.63, 3.8) is 0 Å². The van der Waals surface area contributed by atoms with Crippen LogP contribution in [0.3, 0.4) is 0 Å². The van der Waals surface area contributed by atoms with Gasteiger partial charge in [-0.3, -0.25) is 4.79 Å². The fourth-order valence-corrected chi connectivity index (χ4v) is 2.97. The van der Waals surface area contributed by atoms with Crippen molar-refractivity contribution < 1.29 is 18.3 Å². The Balaban J connectivity index is 1.65. The lowest BCUT2D eigenvalue weighted by Gasteiger charge is -2.09. The molecule has 0 atom stereocenters. The summed E-state index contributed by atoms with van der Waals surface area (Å²) in [5, 5.41) is 4.63. The second kappa shape index (κ2) is 6.96. The second-order valence-corrected chi connectivity index (χ2v) is 5.99. The average Bonchev–Trinajstić information content (AvgIpc) is 3.04. The number of nitrogens with one attached hydrogen (secondary N) is 1. The van der Waals surface area contributed by atoms with E-state index in [-0.39, 0.29) is 5.82 Å². The lowest BCUT2D eigenvalue weighted by molar-refractivity contribution is -0.111. The number of carbonyl (C=O) groups is 1. The van der Waals surface area contributed by atoms with Crippen molar-refractivity contribution in [2.75, 3.05) is 12.4 Å². The lowest BCUT2D eigenvalue weighted by Crippen LogP contribution is -2.09. The number of amides is 1. The van der Waals surface area contributed by atoms with Crippen molar-refractivity contribution in [1.82, 2.24) is 0 Å². The van der Waals surface area contributed by atoms with Crippen molar-refractivity contribution in [2.24, 2.45) is 0 Å². The number of halogens is 1. The maximum Gasteiger partial charge on any atom is 0.248 e. The van der Waals surface area contributed by atoms with Crippen LogP contribution in [0.5, 0.6) is 5.75 Å². The molecule has 1 amide bonds. The van der Waals surface area contributed by atoms with E-state index in [1.807, 2.05) is 30.3 Å². The lowest BCUT2D eigenvalue weighted by atomic mass is 10.1. The molecule has 0 radical (unpaired) electrons. The number of hydrogen-bond donors (Lipinski definition) is 1. The van der Waals surface area contributed by atoms with Crippen molar-refractivity contribution >= 4 is 39.6 Å². The van der Waals surface area contributed by atoms with Gasteiger partial charge in [-0.05, 0) is 24.3 Å². The average molecular weight is 361 g/mol. The normalized spacial score (nSPS) is 11.3. The third-order valence-corrected chi connectivity index (χ3v) is 4.28. The molecule has 0 aliphatic rings. The zero-order chi connectivity index (χ0) is 18.8. The molecular weight excluding hydrogens is 345 g/mol. The number of ether oxygens (including phenoxy) is 1. The molecule has 0 aliphatic heterocycles. The molecule has 134 valence electrons. The predicted molar refractivity (Wildman–Crippen MR) is 104 cm³/mol. The fraction of sp³-hybridized carbons (Fsp3) is 0.0455. The molecule has 0 unspecified atom stereocenters. The summed E-state index contributed by atoms with van der Waals surface area (Å²) < 4.78 is 24.9. The van der Waals surface area contributed by atoms with E-state index in [0.717, 1.165) is 16.4 Å². The highest BCUT2D eigenvalue weighted by Crippen LogP contribution is 2.36.